The predicted octanol–water partition coefficient (Wildman–Crippen LogP) is 4.77. The fraction of sp³-hybridized carbons (Fsp3) is 0.684. The molecule has 118 valence electrons. The lowest BCUT2D eigenvalue weighted by Crippen LogP contribution is -2.43. The van der Waals surface area contributed by atoms with E-state index in [0.717, 1.165) is 25.9 Å². The van der Waals surface area contributed by atoms with Crippen LogP contribution < -0.4 is 5.73 Å². The molecule has 2 heteroatoms. The van der Waals surface area contributed by atoms with Crippen LogP contribution >= 0.6 is 0 Å². The van der Waals surface area contributed by atoms with Gasteiger partial charge in [-0.3, -0.25) is 0 Å². The molecule has 1 fully saturated rings. The van der Waals surface area contributed by atoms with Gasteiger partial charge in [-0.15, -0.1) is 0 Å². The van der Waals surface area contributed by atoms with Gasteiger partial charge in [-0.1, -0.05) is 63.3 Å². The van der Waals surface area contributed by atoms with Crippen molar-refractivity contribution in [2.45, 2.75) is 76.9 Å². The van der Waals surface area contributed by atoms with Crippen molar-refractivity contribution in [1.29, 1.82) is 0 Å². The lowest BCUT2D eigenvalue weighted by Gasteiger charge is -2.38. The van der Waals surface area contributed by atoms with Crippen LogP contribution in [0.2, 0.25) is 0 Å². The molecule has 2 nitrogen and oxygen atoms in total. The van der Waals surface area contributed by atoms with E-state index >= 15 is 0 Å². The highest BCUT2D eigenvalue weighted by Gasteiger charge is 2.38. The van der Waals surface area contributed by atoms with Crippen LogP contribution in [-0.4, -0.2) is 12.2 Å². The molecule has 2 rings (SSSR count). The molecule has 0 radical (unpaired) electrons. The predicted molar refractivity (Wildman–Crippen MR) is 89.4 cm³/mol. The van der Waals surface area contributed by atoms with Gasteiger partial charge in [0.05, 0.1) is 11.6 Å². The molecule has 1 saturated carbocycles. The van der Waals surface area contributed by atoms with Crippen molar-refractivity contribution in [3.05, 3.63) is 35.4 Å². The van der Waals surface area contributed by atoms with Crippen molar-refractivity contribution >= 4 is 0 Å². The molecule has 2 N–H and O–H groups in total. The van der Waals surface area contributed by atoms with Gasteiger partial charge in [0.25, 0.3) is 0 Å². The average molecular weight is 289 g/mol. The third-order valence-electron chi connectivity index (χ3n) is 4.80. The van der Waals surface area contributed by atoms with Crippen LogP contribution in [0.25, 0.3) is 0 Å². The summed E-state index contributed by atoms with van der Waals surface area (Å²) >= 11 is 0. The van der Waals surface area contributed by atoms with E-state index in [2.05, 4.69) is 38.1 Å². The Hall–Kier alpha value is -0.860. The number of hydrogen-bond acceptors (Lipinski definition) is 2. The van der Waals surface area contributed by atoms with Gasteiger partial charge in [-0.25, -0.2) is 0 Å². The molecule has 1 aromatic carbocycles. The molecule has 1 aromatic rings. The number of aryl methyl sites for hydroxylation is 1. The zero-order chi connectivity index (χ0) is 15.1. The molecule has 0 spiro atoms. The van der Waals surface area contributed by atoms with Crippen LogP contribution in [0.5, 0.6) is 0 Å². The maximum atomic E-state index is 6.70. The van der Waals surface area contributed by atoms with Gasteiger partial charge in [0.15, 0.2) is 0 Å². The van der Waals surface area contributed by atoms with Crippen molar-refractivity contribution in [3.63, 3.8) is 0 Å². The van der Waals surface area contributed by atoms with E-state index in [0.29, 0.717) is 0 Å². The van der Waals surface area contributed by atoms with Gasteiger partial charge in [0, 0.05) is 6.61 Å². The van der Waals surface area contributed by atoms with Crippen molar-refractivity contribution in [3.8, 4) is 0 Å². The minimum absolute atomic E-state index is 0.00708. The molecular formula is C19H31NO. The third-order valence-corrected chi connectivity index (χ3v) is 4.80. The van der Waals surface area contributed by atoms with Gasteiger partial charge in [0.2, 0.25) is 0 Å². The molecule has 0 heterocycles. The van der Waals surface area contributed by atoms with Crippen molar-refractivity contribution in [2.24, 2.45) is 5.73 Å². The Morgan fingerprint density at radius 2 is 1.86 bits per heavy atom. The SMILES string of the molecule is CCCc1cccc(C(N)C2(OCC)CCCCCC2)c1. The molecule has 1 aliphatic carbocycles. The number of nitrogens with two attached hydrogens (primary N) is 1. The van der Waals surface area contributed by atoms with E-state index in [1.54, 1.807) is 0 Å². The maximum absolute atomic E-state index is 6.70. The molecule has 0 amide bonds. The summed E-state index contributed by atoms with van der Waals surface area (Å²) in [6.45, 7) is 5.06. The summed E-state index contributed by atoms with van der Waals surface area (Å²) in [4.78, 5) is 0. The standard InChI is InChI=1S/C19H31NO/c1-3-10-16-11-9-12-17(15-16)18(20)19(21-4-2)13-7-5-6-8-14-19/h9,11-12,15,18H,3-8,10,13-14,20H2,1-2H3. The Labute approximate surface area is 130 Å². The van der Waals surface area contributed by atoms with Crippen LogP contribution in [0.15, 0.2) is 24.3 Å². The fourth-order valence-corrected chi connectivity index (χ4v) is 3.69. The summed E-state index contributed by atoms with van der Waals surface area (Å²) in [6, 6.07) is 8.82. The fourth-order valence-electron chi connectivity index (χ4n) is 3.69. The number of hydrogen-bond donors (Lipinski definition) is 1. The molecule has 0 aromatic heterocycles. The molecule has 0 saturated heterocycles. The molecular weight excluding hydrogens is 258 g/mol. The third kappa shape index (κ3) is 4.08. The minimum atomic E-state index is -0.157. The largest absolute Gasteiger partial charge is 0.373 e. The van der Waals surface area contributed by atoms with Gasteiger partial charge < -0.3 is 10.5 Å². The smallest absolute Gasteiger partial charge is 0.0874 e. The summed E-state index contributed by atoms with van der Waals surface area (Å²) in [5.74, 6) is 0. The highest BCUT2D eigenvalue weighted by Crippen LogP contribution is 2.39. The first-order valence-electron chi connectivity index (χ1n) is 8.70. The zero-order valence-electron chi connectivity index (χ0n) is 13.7. The molecule has 21 heavy (non-hydrogen) atoms. The Bertz CT molecular complexity index is 421. The van der Waals surface area contributed by atoms with Gasteiger partial charge in [-0.05, 0) is 37.3 Å². The van der Waals surface area contributed by atoms with E-state index in [1.807, 2.05) is 0 Å². The van der Waals surface area contributed by atoms with Gasteiger partial charge in [0.1, 0.15) is 0 Å². The normalized spacial score (nSPS) is 20.0. The van der Waals surface area contributed by atoms with Crippen LogP contribution in [0, 0.1) is 0 Å². The van der Waals surface area contributed by atoms with E-state index in [4.69, 9.17) is 10.5 Å². The van der Waals surface area contributed by atoms with E-state index < -0.39 is 0 Å². The molecule has 0 bridgehead atoms. The monoisotopic (exact) mass is 289 g/mol. The molecule has 1 aliphatic rings. The van der Waals surface area contributed by atoms with Gasteiger partial charge in [-0.2, -0.15) is 0 Å². The topological polar surface area (TPSA) is 35.2 Å². The van der Waals surface area contributed by atoms with Gasteiger partial charge >= 0.3 is 0 Å². The number of ether oxygens (including phenoxy) is 1. The Balaban J connectivity index is 2.24. The summed E-state index contributed by atoms with van der Waals surface area (Å²) in [7, 11) is 0. The van der Waals surface area contributed by atoms with Crippen LogP contribution in [0.1, 0.15) is 76.0 Å². The number of benzene rings is 1. The molecule has 0 aliphatic heterocycles. The Morgan fingerprint density at radius 3 is 2.48 bits per heavy atom. The minimum Gasteiger partial charge on any atom is -0.373 e. The average Bonchev–Trinajstić information content (AvgIpc) is 2.74. The molecule has 1 atom stereocenters. The summed E-state index contributed by atoms with van der Waals surface area (Å²) < 4.78 is 6.24. The van der Waals surface area contributed by atoms with Crippen LogP contribution in [0.3, 0.4) is 0 Å². The second kappa shape index (κ2) is 7.95. The van der Waals surface area contributed by atoms with E-state index in [-0.39, 0.29) is 11.6 Å². The second-order valence-electron chi connectivity index (χ2n) is 6.38. The summed E-state index contributed by atoms with van der Waals surface area (Å²) in [5.41, 5.74) is 9.18. The Morgan fingerprint density at radius 1 is 1.14 bits per heavy atom. The first-order valence-corrected chi connectivity index (χ1v) is 8.70. The van der Waals surface area contributed by atoms with Crippen LogP contribution in [0.4, 0.5) is 0 Å². The lowest BCUT2D eigenvalue weighted by molar-refractivity contribution is -0.0696. The first-order chi connectivity index (χ1) is 10.2. The summed E-state index contributed by atoms with van der Waals surface area (Å²) in [6.07, 6.45) is 9.61. The van der Waals surface area contributed by atoms with Crippen molar-refractivity contribution in [2.75, 3.05) is 6.61 Å². The molecule has 1 unspecified atom stereocenters. The second-order valence-corrected chi connectivity index (χ2v) is 6.38. The highest BCUT2D eigenvalue weighted by molar-refractivity contribution is 5.28. The summed E-state index contributed by atoms with van der Waals surface area (Å²) in [5, 5.41) is 0. The maximum Gasteiger partial charge on any atom is 0.0874 e. The van der Waals surface area contributed by atoms with Crippen molar-refractivity contribution < 1.29 is 4.74 Å². The van der Waals surface area contributed by atoms with E-state index in [1.165, 1.54) is 43.2 Å². The number of rotatable bonds is 6. The van der Waals surface area contributed by atoms with Crippen LogP contribution in [-0.2, 0) is 11.2 Å². The highest BCUT2D eigenvalue weighted by atomic mass is 16.5. The lowest BCUT2D eigenvalue weighted by atomic mass is 9.82. The Kier molecular flexibility index (Phi) is 6.25. The zero-order valence-corrected chi connectivity index (χ0v) is 13.7. The quantitative estimate of drug-likeness (QED) is 0.766. The van der Waals surface area contributed by atoms with E-state index in [9.17, 15) is 0 Å². The first kappa shape index (κ1) is 16.5. The van der Waals surface area contributed by atoms with Crippen molar-refractivity contribution in [1.82, 2.24) is 0 Å².